The number of urea groups is 1. The van der Waals surface area contributed by atoms with Gasteiger partial charge in [-0.15, -0.1) is 11.3 Å². The van der Waals surface area contributed by atoms with Crippen LogP contribution in [0, 0.1) is 6.92 Å². The standard InChI is InChI=1S/C22H28N4O2S/c1-15-8-10-16(11-9-15)18-13-17(19-7-6-12-29-19)24-26(18)20(27)14-25(5)21(28)23-22(2,3)4/h6-12,18H,13-14H2,1-5H3,(H,23,28)/t18-/m0/s1. The van der Waals surface area contributed by atoms with Gasteiger partial charge in [-0.3, -0.25) is 4.79 Å². The Kier molecular flexibility index (Phi) is 6.07. The fourth-order valence-corrected chi connectivity index (χ4v) is 3.86. The van der Waals surface area contributed by atoms with Gasteiger partial charge in [0.25, 0.3) is 5.91 Å². The van der Waals surface area contributed by atoms with E-state index in [1.165, 1.54) is 10.5 Å². The Balaban J connectivity index is 1.80. The summed E-state index contributed by atoms with van der Waals surface area (Å²) in [5, 5.41) is 11.1. The SMILES string of the molecule is Cc1ccc([C@@H]2CC(c3cccs3)=NN2C(=O)CN(C)C(=O)NC(C)(C)C)cc1. The normalized spacial score (nSPS) is 16.5. The topological polar surface area (TPSA) is 65.0 Å². The third-order valence-electron chi connectivity index (χ3n) is 4.63. The first-order chi connectivity index (χ1) is 13.6. The molecule has 1 aromatic heterocycles. The van der Waals surface area contributed by atoms with Crippen LogP contribution in [0.25, 0.3) is 0 Å². The molecule has 0 unspecified atom stereocenters. The number of hydrazone groups is 1. The molecule has 2 heterocycles. The van der Waals surface area contributed by atoms with Crippen molar-refractivity contribution in [2.75, 3.05) is 13.6 Å². The number of amides is 3. The minimum Gasteiger partial charge on any atom is -0.333 e. The Morgan fingerprint density at radius 3 is 2.52 bits per heavy atom. The lowest BCUT2D eigenvalue weighted by molar-refractivity contribution is -0.133. The van der Waals surface area contributed by atoms with Gasteiger partial charge in [-0.1, -0.05) is 35.9 Å². The van der Waals surface area contributed by atoms with Gasteiger partial charge in [-0.05, 0) is 44.7 Å². The number of carbonyl (C=O) groups excluding carboxylic acids is 2. The number of hydrogen-bond donors (Lipinski definition) is 1. The van der Waals surface area contributed by atoms with Crippen LogP contribution in [0.3, 0.4) is 0 Å². The molecule has 0 fully saturated rings. The van der Waals surface area contributed by atoms with Crippen LogP contribution in [0.2, 0.25) is 0 Å². The van der Waals surface area contributed by atoms with Crippen molar-refractivity contribution in [1.29, 1.82) is 0 Å². The number of carbonyl (C=O) groups is 2. The van der Waals surface area contributed by atoms with Crippen molar-refractivity contribution in [3.63, 3.8) is 0 Å². The van der Waals surface area contributed by atoms with Crippen molar-refractivity contribution in [2.24, 2.45) is 5.10 Å². The molecule has 0 saturated heterocycles. The number of benzene rings is 1. The summed E-state index contributed by atoms with van der Waals surface area (Å²) in [4.78, 5) is 27.9. The molecule has 1 N–H and O–H groups in total. The Morgan fingerprint density at radius 1 is 1.24 bits per heavy atom. The molecule has 1 aliphatic rings. The van der Waals surface area contributed by atoms with Crippen molar-refractivity contribution >= 4 is 29.0 Å². The zero-order valence-electron chi connectivity index (χ0n) is 17.6. The fourth-order valence-electron chi connectivity index (χ4n) is 3.14. The zero-order chi connectivity index (χ0) is 21.2. The highest BCUT2D eigenvalue weighted by Crippen LogP contribution is 2.34. The predicted molar refractivity (Wildman–Crippen MR) is 117 cm³/mol. The van der Waals surface area contributed by atoms with E-state index in [-0.39, 0.29) is 30.1 Å². The first kappa shape index (κ1) is 21.0. The number of thiophene rings is 1. The number of hydrogen-bond acceptors (Lipinski definition) is 4. The van der Waals surface area contributed by atoms with Gasteiger partial charge in [-0.25, -0.2) is 9.80 Å². The molecule has 0 bridgehead atoms. The molecule has 0 radical (unpaired) electrons. The van der Waals surface area contributed by atoms with Crippen LogP contribution in [0.15, 0.2) is 46.9 Å². The van der Waals surface area contributed by atoms with Gasteiger partial charge < -0.3 is 10.2 Å². The molecule has 6 nitrogen and oxygen atoms in total. The second kappa shape index (κ2) is 8.37. The minimum absolute atomic E-state index is 0.0362. The maximum Gasteiger partial charge on any atom is 0.318 e. The van der Waals surface area contributed by atoms with Gasteiger partial charge in [0.1, 0.15) is 6.54 Å². The second-order valence-electron chi connectivity index (χ2n) is 8.43. The Hall–Kier alpha value is -2.67. The number of rotatable bonds is 4. The first-order valence-electron chi connectivity index (χ1n) is 9.67. The summed E-state index contributed by atoms with van der Waals surface area (Å²) in [6.07, 6.45) is 0.660. The van der Waals surface area contributed by atoms with Gasteiger partial charge in [0.15, 0.2) is 0 Å². The maximum atomic E-state index is 13.1. The lowest BCUT2D eigenvalue weighted by atomic mass is 10.00. The van der Waals surface area contributed by atoms with Gasteiger partial charge in [-0.2, -0.15) is 5.10 Å². The number of likely N-dealkylation sites (N-methyl/N-ethyl adjacent to an activating group) is 1. The lowest BCUT2D eigenvalue weighted by Crippen LogP contribution is -2.49. The highest BCUT2D eigenvalue weighted by Gasteiger charge is 2.34. The molecular weight excluding hydrogens is 384 g/mol. The van der Waals surface area contributed by atoms with Crippen LogP contribution >= 0.6 is 11.3 Å². The highest BCUT2D eigenvalue weighted by molar-refractivity contribution is 7.12. The monoisotopic (exact) mass is 412 g/mol. The van der Waals surface area contributed by atoms with Crippen LogP contribution in [-0.4, -0.2) is 46.7 Å². The Bertz CT molecular complexity index is 898. The van der Waals surface area contributed by atoms with Crippen molar-refractivity contribution in [3.05, 3.63) is 57.8 Å². The van der Waals surface area contributed by atoms with Crippen LogP contribution in [0.5, 0.6) is 0 Å². The van der Waals surface area contributed by atoms with E-state index in [9.17, 15) is 9.59 Å². The molecule has 0 saturated carbocycles. The number of nitrogens with zero attached hydrogens (tertiary/aromatic N) is 3. The van der Waals surface area contributed by atoms with Gasteiger partial charge in [0.2, 0.25) is 0 Å². The summed E-state index contributed by atoms with van der Waals surface area (Å²) in [5.74, 6) is -0.200. The average Bonchev–Trinajstić information content (AvgIpc) is 3.30. The van der Waals surface area contributed by atoms with E-state index < -0.39 is 0 Å². The van der Waals surface area contributed by atoms with E-state index in [2.05, 4.69) is 10.4 Å². The van der Waals surface area contributed by atoms with E-state index in [1.807, 2.05) is 69.5 Å². The first-order valence-corrected chi connectivity index (χ1v) is 10.6. The molecule has 1 aromatic carbocycles. The molecule has 7 heteroatoms. The summed E-state index contributed by atoms with van der Waals surface area (Å²) in [6.45, 7) is 7.73. The highest BCUT2D eigenvalue weighted by atomic mass is 32.1. The quantitative estimate of drug-likeness (QED) is 0.819. The van der Waals surface area contributed by atoms with Crippen LogP contribution in [0.4, 0.5) is 4.79 Å². The van der Waals surface area contributed by atoms with Crippen LogP contribution in [0.1, 0.15) is 49.2 Å². The van der Waals surface area contributed by atoms with Crippen molar-refractivity contribution in [2.45, 2.75) is 45.7 Å². The van der Waals surface area contributed by atoms with Crippen LogP contribution < -0.4 is 5.32 Å². The van der Waals surface area contributed by atoms with Crippen molar-refractivity contribution < 1.29 is 9.59 Å². The van der Waals surface area contributed by atoms with E-state index in [0.717, 1.165) is 16.2 Å². The van der Waals surface area contributed by atoms with Crippen molar-refractivity contribution in [3.8, 4) is 0 Å². The fraction of sp³-hybridized carbons (Fsp3) is 0.409. The molecular formula is C22H28N4O2S. The molecule has 0 aliphatic carbocycles. The Labute approximate surface area is 176 Å². The predicted octanol–water partition coefficient (Wildman–Crippen LogP) is 4.17. The largest absolute Gasteiger partial charge is 0.333 e. The minimum atomic E-state index is -0.364. The Morgan fingerprint density at radius 2 is 1.93 bits per heavy atom. The van der Waals surface area contributed by atoms with Crippen molar-refractivity contribution in [1.82, 2.24) is 15.2 Å². The molecule has 29 heavy (non-hydrogen) atoms. The summed E-state index contributed by atoms with van der Waals surface area (Å²) in [6, 6.07) is 11.7. The summed E-state index contributed by atoms with van der Waals surface area (Å²) in [5.41, 5.74) is 2.75. The third-order valence-corrected chi connectivity index (χ3v) is 5.55. The van der Waals surface area contributed by atoms with Gasteiger partial charge >= 0.3 is 6.03 Å². The zero-order valence-corrected chi connectivity index (χ0v) is 18.4. The molecule has 1 aliphatic heterocycles. The van der Waals surface area contributed by atoms with E-state index in [4.69, 9.17) is 0 Å². The second-order valence-corrected chi connectivity index (χ2v) is 9.38. The average molecular weight is 413 g/mol. The molecule has 0 spiro atoms. The number of nitrogens with one attached hydrogen (secondary N) is 1. The van der Waals surface area contributed by atoms with E-state index in [1.54, 1.807) is 23.4 Å². The van der Waals surface area contributed by atoms with Gasteiger partial charge in [0.05, 0.1) is 16.6 Å². The molecule has 2 aromatic rings. The maximum absolute atomic E-state index is 13.1. The van der Waals surface area contributed by atoms with E-state index in [0.29, 0.717) is 6.42 Å². The van der Waals surface area contributed by atoms with E-state index >= 15 is 0 Å². The van der Waals surface area contributed by atoms with Gasteiger partial charge in [0, 0.05) is 19.0 Å². The third kappa shape index (κ3) is 5.23. The van der Waals surface area contributed by atoms with Crippen LogP contribution in [-0.2, 0) is 4.79 Å². The number of aryl methyl sites for hydroxylation is 1. The lowest BCUT2D eigenvalue weighted by Gasteiger charge is -2.27. The molecule has 3 rings (SSSR count). The molecule has 1 atom stereocenters. The summed E-state index contributed by atoms with van der Waals surface area (Å²) >= 11 is 1.62. The molecule has 154 valence electrons. The molecule has 3 amide bonds. The summed E-state index contributed by atoms with van der Waals surface area (Å²) < 4.78 is 0. The smallest absolute Gasteiger partial charge is 0.318 e. The summed E-state index contributed by atoms with van der Waals surface area (Å²) in [7, 11) is 1.62.